The monoisotopic (exact) mass is 468 g/mol. The van der Waals surface area contributed by atoms with Crippen LogP contribution in [0.5, 0.6) is 11.5 Å². The third kappa shape index (κ3) is 6.23. The molecule has 0 bridgehead atoms. The number of hydrogen-bond donors (Lipinski definition) is 4. The van der Waals surface area contributed by atoms with E-state index in [-0.39, 0.29) is 23.1 Å². The molecule has 0 spiro atoms. The van der Waals surface area contributed by atoms with Gasteiger partial charge in [-0.05, 0) is 71.8 Å². The van der Waals surface area contributed by atoms with Gasteiger partial charge in [0, 0.05) is 23.2 Å². The highest BCUT2D eigenvalue weighted by Gasteiger charge is 2.09. The van der Waals surface area contributed by atoms with Crippen LogP contribution in [0.3, 0.4) is 0 Å². The molecule has 0 unspecified atom stereocenters. The number of phenolic OH excluding ortho intramolecular Hbond substituents is 2. The molecule has 3 aromatic carbocycles. The van der Waals surface area contributed by atoms with E-state index in [9.17, 15) is 24.6 Å². The average molecular weight is 468 g/mol. The number of nitrogens with one attached hydrogen (secondary N) is 2. The highest BCUT2D eigenvalue weighted by atomic mass is 16.4. The number of aromatic hydroxyl groups is 2. The molecule has 1 heterocycles. The van der Waals surface area contributed by atoms with Crippen molar-refractivity contribution in [2.45, 2.75) is 0 Å². The Labute approximate surface area is 199 Å². The van der Waals surface area contributed by atoms with E-state index in [1.165, 1.54) is 48.6 Å². The summed E-state index contributed by atoms with van der Waals surface area (Å²) in [5, 5.41) is 24.3. The van der Waals surface area contributed by atoms with Crippen molar-refractivity contribution >= 4 is 46.3 Å². The van der Waals surface area contributed by atoms with Gasteiger partial charge in [-0.3, -0.25) is 9.59 Å². The van der Waals surface area contributed by atoms with Gasteiger partial charge in [-0.1, -0.05) is 24.3 Å². The Kier molecular flexibility index (Phi) is 6.73. The molecule has 0 saturated heterocycles. The maximum Gasteiger partial charge on any atom is 0.360 e. The molecule has 4 N–H and O–H groups in total. The number of hydrogen-bond acceptors (Lipinski definition) is 6. The van der Waals surface area contributed by atoms with Crippen molar-refractivity contribution in [2.24, 2.45) is 0 Å². The van der Waals surface area contributed by atoms with E-state index in [0.29, 0.717) is 22.2 Å². The van der Waals surface area contributed by atoms with Gasteiger partial charge in [0.05, 0.1) is 0 Å². The highest BCUT2D eigenvalue weighted by molar-refractivity contribution is 6.04. The van der Waals surface area contributed by atoms with Crippen LogP contribution in [0.4, 0.5) is 11.4 Å². The van der Waals surface area contributed by atoms with Gasteiger partial charge in [0.15, 0.2) is 0 Å². The second-order valence-corrected chi connectivity index (χ2v) is 7.53. The van der Waals surface area contributed by atoms with Gasteiger partial charge in [-0.15, -0.1) is 0 Å². The van der Waals surface area contributed by atoms with Gasteiger partial charge in [0.25, 0.3) is 0 Å². The highest BCUT2D eigenvalue weighted by Crippen LogP contribution is 2.21. The van der Waals surface area contributed by atoms with E-state index in [4.69, 9.17) is 4.42 Å². The number of benzene rings is 3. The number of amides is 2. The molecular formula is C27H20N2O6. The van der Waals surface area contributed by atoms with Crippen molar-refractivity contribution in [3.63, 3.8) is 0 Å². The zero-order valence-corrected chi connectivity index (χ0v) is 18.3. The average Bonchev–Trinajstić information content (AvgIpc) is 2.84. The van der Waals surface area contributed by atoms with Gasteiger partial charge < -0.3 is 25.3 Å². The molecule has 0 aliphatic carbocycles. The molecule has 1 aromatic heterocycles. The summed E-state index contributed by atoms with van der Waals surface area (Å²) >= 11 is 0. The topological polar surface area (TPSA) is 129 Å². The molecule has 0 saturated carbocycles. The zero-order chi connectivity index (χ0) is 24.8. The predicted molar refractivity (Wildman–Crippen MR) is 134 cm³/mol. The Morgan fingerprint density at radius 3 is 1.83 bits per heavy atom. The third-order valence-electron chi connectivity index (χ3n) is 4.90. The summed E-state index contributed by atoms with van der Waals surface area (Å²) in [6.45, 7) is 0. The van der Waals surface area contributed by atoms with Crippen LogP contribution in [0, 0.1) is 0 Å². The standard InChI is InChI=1S/C27H20N2O6/c30-21-8-1-17(2-9-21)5-13-25(32)28-20-7-12-24-19(15-20)16-23(27(34)35-24)29-26(33)14-6-18-3-10-22(31)11-4-18/h1-16,30-31H,(H,28,32)(H,29,33)/b13-5+,14-6+. The Morgan fingerprint density at radius 1 is 0.714 bits per heavy atom. The van der Waals surface area contributed by atoms with Crippen molar-refractivity contribution in [3.05, 3.63) is 106 Å². The van der Waals surface area contributed by atoms with Gasteiger partial charge in [-0.25, -0.2) is 4.79 Å². The van der Waals surface area contributed by atoms with Crippen molar-refractivity contribution in [1.82, 2.24) is 0 Å². The number of anilines is 2. The molecule has 35 heavy (non-hydrogen) atoms. The van der Waals surface area contributed by atoms with E-state index in [0.717, 1.165) is 5.56 Å². The zero-order valence-electron chi connectivity index (χ0n) is 18.3. The van der Waals surface area contributed by atoms with Crippen LogP contribution in [0.15, 0.2) is 94.2 Å². The van der Waals surface area contributed by atoms with Crippen LogP contribution in [0.25, 0.3) is 23.1 Å². The summed E-state index contributed by atoms with van der Waals surface area (Å²) < 4.78 is 5.28. The first-order valence-electron chi connectivity index (χ1n) is 10.5. The van der Waals surface area contributed by atoms with E-state index < -0.39 is 11.5 Å². The number of fused-ring (bicyclic) bond motifs is 1. The van der Waals surface area contributed by atoms with Gasteiger partial charge >= 0.3 is 5.63 Å². The predicted octanol–water partition coefficient (Wildman–Crippen LogP) is 4.51. The van der Waals surface area contributed by atoms with Crippen molar-refractivity contribution in [3.8, 4) is 11.5 Å². The molecule has 4 aromatic rings. The number of carbonyl (C=O) groups excluding carboxylic acids is 2. The minimum atomic E-state index is -0.711. The molecule has 0 fully saturated rings. The van der Waals surface area contributed by atoms with Crippen LogP contribution in [0.1, 0.15) is 11.1 Å². The summed E-state index contributed by atoms with van der Waals surface area (Å²) in [7, 11) is 0. The molecule has 0 atom stereocenters. The SMILES string of the molecule is O=C(/C=C/c1ccc(O)cc1)Nc1ccc2oc(=O)c(NC(=O)/C=C/c3ccc(O)cc3)cc2c1. The first-order chi connectivity index (χ1) is 16.9. The van der Waals surface area contributed by atoms with E-state index in [1.807, 2.05) is 0 Å². The van der Waals surface area contributed by atoms with Gasteiger partial charge in [0.1, 0.15) is 22.8 Å². The Balaban J connectivity index is 1.46. The van der Waals surface area contributed by atoms with E-state index >= 15 is 0 Å². The van der Waals surface area contributed by atoms with Crippen molar-refractivity contribution in [2.75, 3.05) is 10.6 Å². The summed E-state index contributed by atoms with van der Waals surface area (Å²) in [6.07, 6.45) is 5.76. The fraction of sp³-hybridized carbons (Fsp3) is 0. The molecule has 8 heteroatoms. The lowest BCUT2D eigenvalue weighted by Crippen LogP contribution is -2.15. The van der Waals surface area contributed by atoms with Crippen LogP contribution in [0.2, 0.25) is 0 Å². The Morgan fingerprint density at radius 2 is 1.26 bits per heavy atom. The molecule has 0 aliphatic rings. The summed E-state index contributed by atoms with van der Waals surface area (Å²) in [6, 6.07) is 18.9. The number of carbonyl (C=O) groups is 2. The van der Waals surface area contributed by atoms with Crippen molar-refractivity contribution in [1.29, 1.82) is 0 Å². The largest absolute Gasteiger partial charge is 0.508 e. The van der Waals surface area contributed by atoms with Crippen molar-refractivity contribution < 1.29 is 24.2 Å². The maximum atomic E-state index is 12.3. The minimum absolute atomic E-state index is 0.0476. The molecule has 0 aliphatic heterocycles. The van der Waals surface area contributed by atoms with Crippen LogP contribution in [-0.2, 0) is 9.59 Å². The summed E-state index contributed by atoms with van der Waals surface area (Å²) in [5.41, 5.74) is 1.45. The van der Waals surface area contributed by atoms with E-state index in [2.05, 4.69) is 10.6 Å². The summed E-state index contributed by atoms with van der Waals surface area (Å²) in [4.78, 5) is 36.8. The lowest BCUT2D eigenvalue weighted by atomic mass is 10.2. The minimum Gasteiger partial charge on any atom is -0.508 e. The fourth-order valence-corrected chi connectivity index (χ4v) is 3.16. The second-order valence-electron chi connectivity index (χ2n) is 7.53. The molecule has 0 radical (unpaired) electrons. The number of phenols is 2. The second kappa shape index (κ2) is 10.2. The maximum absolute atomic E-state index is 12.3. The normalized spacial score (nSPS) is 11.2. The van der Waals surface area contributed by atoms with Gasteiger partial charge in [0.2, 0.25) is 11.8 Å². The fourth-order valence-electron chi connectivity index (χ4n) is 3.16. The molecule has 4 rings (SSSR count). The smallest absolute Gasteiger partial charge is 0.360 e. The van der Waals surface area contributed by atoms with Crippen LogP contribution in [-0.4, -0.2) is 22.0 Å². The molecule has 2 amide bonds. The lowest BCUT2D eigenvalue weighted by Gasteiger charge is -2.06. The Bertz CT molecular complexity index is 1500. The Hall–Kier alpha value is -5.11. The number of rotatable bonds is 6. The van der Waals surface area contributed by atoms with E-state index in [1.54, 1.807) is 48.5 Å². The van der Waals surface area contributed by atoms with Crippen LogP contribution < -0.4 is 16.3 Å². The first kappa shape index (κ1) is 23.1. The molecular weight excluding hydrogens is 448 g/mol. The third-order valence-corrected chi connectivity index (χ3v) is 4.90. The first-order valence-corrected chi connectivity index (χ1v) is 10.5. The lowest BCUT2D eigenvalue weighted by molar-refractivity contribution is -0.112. The molecule has 174 valence electrons. The molecule has 8 nitrogen and oxygen atoms in total. The van der Waals surface area contributed by atoms with Crippen LogP contribution >= 0.6 is 0 Å². The summed E-state index contributed by atoms with van der Waals surface area (Å²) in [5.74, 6) is -0.654. The quantitative estimate of drug-likeness (QED) is 0.243. The van der Waals surface area contributed by atoms with Gasteiger partial charge in [-0.2, -0.15) is 0 Å².